The van der Waals surface area contributed by atoms with Crippen molar-refractivity contribution in [3.05, 3.63) is 63.3 Å². The summed E-state index contributed by atoms with van der Waals surface area (Å²) in [6.45, 7) is 4.18. The van der Waals surface area contributed by atoms with Gasteiger partial charge in [0.1, 0.15) is 28.3 Å². The molecule has 1 saturated carbocycles. The zero-order chi connectivity index (χ0) is 33.2. The number of rotatable bonds is 11. The molecule has 5 N–H and O–H groups in total. The molecule has 1 saturated heterocycles. The third-order valence-corrected chi connectivity index (χ3v) is 12.2. The predicted molar refractivity (Wildman–Crippen MR) is 179 cm³/mol. The number of pyridine rings is 1. The van der Waals surface area contributed by atoms with Crippen LogP contribution in [0.4, 0.5) is 0 Å². The highest BCUT2D eigenvalue weighted by atomic mass is 35.5. The predicted octanol–water partition coefficient (Wildman–Crippen LogP) is 5.16. The lowest BCUT2D eigenvalue weighted by molar-refractivity contribution is -0.126. The van der Waals surface area contributed by atoms with Crippen LogP contribution in [0, 0.1) is 19.8 Å². The maximum absolute atomic E-state index is 14.2. The number of primary amides is 1. The highest BCUT2D eigenvalue weighted by Crippen LogP contribution is 2.41. The summed E-state index contributed by atoms with van der Waals surface area (Å²) in [6, 6.07) is 10.4. The molecule has 0 radical (unpaired) electrons. The standard InChI is InChI=1S/C33H41Cl2N5O5S/c1-20-17-21(2)39-30-24(20)9-4-10-27(30)45-19-25-26(34)11-12-28(29(25)35)46(43,44)40-16-6-14-33(40,32(37)42)13-5-15-38-31(41)22-7-3-8-23(36)18-22/h4,9-12,17,22-23H,3,5-8,13-16,18-19,36H2,1-2H3,(H2,37,42)(H,38,41)/t22?,23?,33-/m0/s1. The van der Waals surface area contributed by atoms with Crippen molar-refractivity contribution in [1.29, 1.82) is 0 Å². The molecule has 2 heterocycles. The van der Waals surface area contributed by atoms with Crippen LogP contribution in [0.25, 0.3) is 10.9 Å². The van der Waals surface area contributed by atoms with Gasteiger partial charge >= 0.3 is 0 Å². The summed E-state index contributed by atoms with van der Waals surface area (Å²) in [7, 11) is -4.29. The van der Waals surface area contributed by atoms with Gasteiger partial charge in [-0.2, -0.15) is 4.31 Å². The number of amides is 2. The number of sulfonamides is 1. The van der Waals surface area contributed by atoms with Gasteiger partial charge in [0.25, 0.3) is 0 Å². The van der Waals surface area contributed by atoms with E-state index in [-0.39, 0.29) is 58.8 Å². The number of hydrogen-bond donors (Lipinski definition) is 3. The Labute approximate surface area is 280 Å². The number of fused-ring (bicyclic) bond motifs is 1. The summed E-state index contributed by atoms with van der Waals surface area (Å²) in [4.78, 5) is 30.1. The normalized spacial score (nSPS) is 22.2. The molecule has 2 aliphatic rings. The first-order chi connectivity index (χ1) is 21.8. The van der Waals surface area contributed by atoms with Crippen molar-refractivity contribution in [1.82, 2.24) is 14.6 Å². The zero-order valence-corrected chi connectivity index (χ0v) is 28.5. The van der Waals surface area contributed by atoms with Crippen LogP contribution in [0.1, 0.15) is 68.2 Å². The molecule has 0 bridgehead atoms. The van der Waals surface area contributed by atoms with Crippen LogP contribution in [0.2, 0.25) is 10.0 Å². The van der Waals surface area contributed by atoms with Gasteiger partial charge in [0, 0.05) is 46.7 Å². The van der Waals surface area contributed by atoms with Crippen LogP contribution in [0.15, 0.2) is 41.3 Å². The van der Waals surface area contributed by atoms with Crippen LogP contribution in [0.5, 0.6) is 5.75 Å². The van der Waals surface area contributed by atoms with E-state index in [0.717, 1.165) is 35.9 Å². The van der Waals surface area contributed by atoms with E-state index in [1.165, 1.54) is 16.4 Å². The van der Waals surface area contributed by atoms with Crippen molar-refractivity contribution in [3.8, 4) is 5.75 Å². The summed E-state index contributed by atoms with van der Waals surface area (Å²) in [5, 5.41) is 4.02. The molecule has 5 rings (SSSR count). The van der Waals surface area contributed by atoms with Gasteiger partial charge in [0.15, 0.2) is 0 Å². The minimum Gasteiger partial charge on any atom is -0.487 e. The Bertz CT molecular complexity index is 1750. The maximum atomic E-state index is 14.2. The molecule has 1 aliphatic carbocycles. The largest absolute Gasteiger partial charge is 0.487 e. The number of ether oxygens (including phenoxy) is 1. The average Bonchev–Trinajstić information content (AvgIpc) is 3.45. The number of nitrogens with two attached hydrogens (primary N) is 2. The van der Waals surface area contributed by atoms with Gasteiger partial charge in [-0.25, -0.2) is 13.4 Å². The molecule has 13 heteroatoms. The van der Waals surface area contributed by atoms with E-state index in [2.05, 4.69) is 10.3 Å². The minimum atomic E-state index is -4.29. The monoisotopic (exact) mass is 689 g/mol. The number of halogens is 2. The van der Waals surface area contributed by atoms with Crippen molar-refractivity contribution < 1.29 is 22.7 Å². The molecule has 1 aliphatic heterocycles. The Hall–Kier alpha value is -2.96. The molecular weight excluding hydrogens is 649 g/mol. The Morgan fingerprint density at radius 1 is 1.15 bits per heavy atom. The van der Waals surface area contributed by atoms with E-state index in [1.807, 2.05) is 32.0 Å². The van der Waals surface area contributed by atoms with Crippen LogP contribution < -0.4 is 21.5 Å². The molecule has 0 spiro atoms. The van der Waals surface area contributed by atoms with Crippen molar-refractivity contribution >= 4 is 55.9 Å². The topological polar surface area (TPSA) is 158 Å². The number of aryl methyl sites for hydroxylation is 2. The molecule has 2 amide bonds. The third-order valence-electron chi connectivity index (χ3n) is 9.27. The van der Waals surface area contributed by atoms with Crippen molar-refractivity contribution in [2.45, 2.75) is 88.3 Å². The van der Waals surface area contributed by atoms with Crippen molar-refractivity contribution in [2.24, 2.45) is 17.4 Å². The number of aromatic nitrogens is 1. The molecule has 2 aromatic carbocycles. The summed E-state index contributed by atoms with van der Waals surface area (Å²) in [5.41, 5.74) is 13.4. The van der Waals surface area contributed by atoms with Crippen LogP contribution >= 0.6 is 23.2 Å². The second-order valence-corrected chi connectivity index (χ2v) is 15.1. The number of carbonyl (C=O) groups is 2. The van der Waals surface area contributed by atoms with E-state index >= 15 is 0 Å². The Kier molecular flexibility index (Phi) is 10.5. The quantitative estimate of drug-likeness (QED) is 0.235. The van der Waals surface area contributed by atoms with E-state index < -0.39 is 21.5 Å². The summed E-state index contributed by atoms with van der Waals surface area (Å²) < 4.78 is 35.7. The molecule has 2 unspecified atom stereocenters. The fourth-order valence-electron chi connectivity index (χ4n) is 6.87. The SMILES string of the molecule is Cc1cc(C)c2cccc(OCc3c(Cl)ccc(S(=O)(=O)N4CCC[C@@]4(CCCNC(=O)C4CCCC(N)C4)C(N)=O)c3Cl)c2n1. The molecule has 3 atom stereocenters. The minimum absolute atomic E-state index is 0.0235. The molecule has 1 aromatic heterocycles. The summed E-state index contributed by atoms with van der Waals surface area (Å²) in [5.74, 6) is -0.421. The van der Waals surface area contributed by atoms with Crippen molar-refractivity contribution in [2.75, 3.05) is 13.1 Å². The first-order valence-electron chi connectivity index (χ1n) is 15.7. The smallest absolute Gasteiger partial charge is 0.245 e. The van der Waals surface area contributed by atoms with Crippen LogP contribution in [-0.2, 0) is 26.2 Å². The lowest BCUT2D eigenvalue weighted by Gasteiger charge is -2.35. The molecule has 46 heavy (non-hydrogen) atoms. The number of benzene rings is 2. The number of nitrogens with zero attached hydrogens (tertiary/aromatic N) is 2. The third kappa shape index (κ3) is 6.85. The van der Waals surface area contributed by atoms with Gasteiger partial charge in [-0.15, -0.1) is 0 Å². The number of hydrogen-bond acceptors (Lipinski definition) is 7. The average molecular weight is 691 g/mol. The Balaban J connectivity index is 1.34. The number of para-hydroxylation sites is 1. The van der Waals surface area contributed by atoms with E-state index in [0.29, 0.717) is 42.6 Å². The highest BCUT2D eigenvalue weighted by molar-refractivity contribution is 7.89. The fraction of sp³-hybridized carbons (Fsp3) is 0.485. The summed E-state index contributed by atoms with van der Waals surface area (Å²) in [6.07, 6.45) is 4.51. The van der Waals surface area contributed by atoms with E-state index in [1.54, 1.807) is 6.07 Å². The summed E-state index contributed by atoms with van der Waals surface area (Å²) >= 11 is 13.3. The Morgan fingerprint density at radius 2 is 1.93 bits per heavy atom. The number of carbonyl (C=O) groups excluding carboxylic acids is 2. The fourth-order valence-corrected chi connectivity index (χ4v) is 9.58. The molecule has 3 aromatic rings. The number of nitrogens with one attached hydrogen (secondary N) is 1. The van der Waals surface area contributed by atoms with Gasteiger partial charge in [0.05, 0.1) is 5.02 Å². The lowest BCUT2D eigenvalue weighted by atomic mass is 9.85. The second-order valence-electron chi connectivity index (χ2n) is 12.5. The highest BCUT2D eigenvalue weighted by Gasteiger charge is 2.52. The van der Waals surface area contributed by atoms with E-state index in [9.17, 15) is 18.0 Å². The van der Waals surface area contributed by atoms with Gasteiger partial charge in [-0.1, -0.05) is 41.8 Å². The molecule has 2 fully saturated rings. The van der Waals surface area contributed by atoms with Gasteiger partial charge in [-0.3, -0.25) is 9.59 Å². The van der Waals surface area contributed by atoms with E-state index in [4.69, 9.17) is 39.4 Å². The van der Waals surface area contributed by atoms with Crippen molar-refractivity contribution in [3.63, 3.8) is 0 Å². The van der Waals surface area contributed by atoms with Gasteiger partial charge in [0.2, 0.25) is 21.8 Å². The molecule has 10 nitrogen and oxygen atoms in total. The molecular formula is C33H41Cl2N5O5S. The Morgan fingerprint density at radius 3 is 2.67 bits per heavy atom. The molecule has 248 valence electrons. The van der Waals surface area contributed by atoms with Crippen LogP contribution in [-0.4, -0.2) is 54.2 Å². The zero-order valence-electron chi connectivity index (χ0n) is 26.2. The first kappa shape index (κ1) is 34.4. The lowest BCUT2D eigenvalue weighted by Crippen LogP contribution is -2.56. The van der Waals surface area contributed by atoms with Gasteiger partial charge in [-0.05, 0) is 88.6 Å². The van der Waals surface area contributed by atoms with Gasteiger partial charge < -0.3 is 21.5 Å². The van der Waals surface area contributed by atoms with Crippen LogP contribution in [0.3, 0.4) is 0 Å². The second kappa shape index (κ2) is 14.0. The maximum Gasteiger partial charge on any atom is 0.245 e. The first-order valence-corrected chi connectivity index (χ1v) is 17.9.